The lowest BCUT2D eigenvalue weighted by molar-refractivity contribution is 0.0624. The molecule has 4 N–H and O–H groups in total. The van der Waals surface area contributed by atoms with Crippen molar-refractivity contribution in [2.75, 3.05) is 0 Å². The number of nitrogens with zero attached hydrogens (tertiary/aromatic N) is 3. The largest absolute Gasteiger partial charge is 0.387 e. The number of benzene rings is 1. The Bertz CT molecular complexity index is 1370. The quantitative estimate of drug-likeness (QED) is 0.255. The lowest BCUT2D eigenvalue weighted by Gasteiger charge is -2.22. The molecular formula is C28H32ClN5OS2. The third-order valence-electron chi connectivity index (χ3n) is 6.22. The fourth-order valence-electron chi connectivity index (χ4n) is 4.05. The number of aliphatic imine (C=N–C) groups is 1. The number of pyridine rings is 1. The highest BCUT2D eigenvalue weighted by Gasteiger charge is 2.29. The van der Waals surface area contributed by atoms with Crippen LogP contribution in [0.5, 0.6) is 0 Å². The zero-order chi connectivity index (χ0) is 26.6. The van der Waals surface area contributed by atoms with Gasteiger partial charge in [-0.15, -0.1) is 11.3 Å². The molecule has 194 valence electrons. The fourth-order valence-corrected chi connectivity index (χ4v) is 6.55. The number of hydrogen-bond acceptors (Lipinski definition) is 8. The molecule has 0 radical (unpaired) electrons. The summed E-state index contributed by atoms with van der Waals surface area (Å²) in [6, 6.07) is 13.9. The van der Waals surface area contributed by atoms with Crippen LogP contribution in [-0.2, 0) is 5.60 Å². The molecule has 3 heterocycles. The molecule has 0 bridgehead atoms. The van der Waals surface area contributed by atoms with Crippen molar-refractivity contribution in [2.45, 2.75) is 69.8 Å². The van der Waals surface area contributed by atoms with Crippen LogP contribution in [0, 0.1) is 11.3 Å². The number of hydrogen-bond donors (Lipinski definition) is 3. The SMILES string of the molecule is CC.CC(O)(CC#N)c1ccnc(-c2cccc3cc(C(NSC4CC4)C4=C(Cl)CCC(N)=N4)sc23)c1. The van der Waals surface area contributed by atoms with Crippen LogP contribution in [0.1, 0.15) is 69.4 Å². The third-order valence-corrected chi connectivity index (χ3v) is 9.03. The standard InChI is InChI=1S/C26H26ClN5OS2.C2H6/c1-26(33,10-11-28)16-9-12-30-20(14-16)18-4-2-3-15-13-21(34-25(15)18)24(32-35-17-5-6-17)23-19(27)7-8-22(29)31-23;1-2/h2-4,9,12-14,17,24,32-33H,5-8,10H2,1H3,(H2,29,31);1-2H3. The van der Waals surface area contributed by atoms with E-state index in [2.05, 4.69) is 32.9 Å². The first-order valence-electron chi connectivity index (χ1n) is 12.6. The predicted molar refractivity (Wildman–Crippen MR) is 156 cm³/mol. The molecule has 2 unspecified atom stereocenters. The number of nitriles is 1. The molecule has 3 aromatic rings. The van der Waals surface area contributed by atoms with E-state index in [-0.39, 0.29) is 12.5 Å². The summed E-state index contributed by atoms with van der Waals surface area (Å²) in [5, 5.41) is 22.3. The summed E-state index contributed by atoms with van der Waals surface area (Å²) < 4.78 is 4.72. The highest BCUT2D eigenvalue weighted by Crippen LogP contribution is 2.43. The monoisotopic (exact) mass is 553 g/mol. The second-order valence-electron chi connectivity index (χ2n) is 9.17. The van der Waals surface area contributed by atoms with Gasteiger partial charge in [-0.05, 0) is 55.3 Å². The molecule has 1 fully saturated rings. The summed E-state index contributed by atoms with van der Waals surface area (Å²) in [5.74, 6) is 0.611. The Balaban J connectivity index is 0.00000156. The molecule has 6 nitrogen and oxygen atoms in total. The molecule has 2 aromatic heterocycles. The number of nitrogens with one attached hydrogen (secondary N) is 1. The minimum Gasteiger partial charge on any atom is -0.387 e. The van der Waals surface area contributed by atoms with Gasteiger partial charge in [0.25, 0.3) is 0 Å². The maximum atomic E-state index is 10.7. The van der Waals surface area contributed by atoms with E-state index < -0.39 is 5.60 Å². The van der Waals surface area contributed by atoms with Crippen LogP contribution in [0.2, 0.25) is 0 Å². The summed E-state index contributed by atoms with van der Waals surface area (Å²) >= 11 is 10.1. The van der Waals surface area contributed by atoms with Crippen molar-refractivity contribution in [1.29, 1.82) is 5.26 Å². The van der Waals surface area contributed by atoms with Crippen LogP contribution in [0.4, 0.5) is 0 Å². The van der Waals surface area contributed by atoms with Gasteiger partial charge in [0.05, 0.1) is 41.4 Å². The molecule has 1 aliphatic heterocycles. The molecule has 1 aromatic carbocycles. The van der Waals surface area contributed by atoms with E-state index >= 15 is 0 Å². The van der Waals surface area contributed by atoms with E-state index in [1.165, 1.54) is 12.8 Å². The van der Waals surface area contributed by atoms with Crippen LogP contribution in [0.15, 0.2) is 58.3 Å². The highest BCUT2D eigenvalue weighted by atomic mass is 35.5. The van der Waals surface area contributed by atoms with Gasteiger partial charge in [0.2, 0.25) is 0 Å². The molecule has 1 aliphatic carbocycles. The molecule has 2 atom stereocenters. The predicted octanol–water partition coefficient (Wildman–Crippen LogP) is 7.15. The molecule has 5 rings (SSSR count). The van der Waals surface area contributed by atoms with Gasteiger partial charge in [0.1, 0.15) is 0 Å². The number of thiophene rings is 1. The third kappa shape index (κ3) is 6.36. The number of aromatic nitrogens is 1. The number of aliphatic hydroxyl groups is 1. The number of rotatable bonds is 8. The average molecular weight is 554 g/mol. The van der Waals surface area contributed by atoms with Crippen LogP contribution < -0.4 is 10.5 Å². The molecule has 0 saturated heterocycles. The van der Waals surface area contributed by atoms with Gasteiger partial charge < -0.3 is 10.8 Å². The Morgan fingerprint density at radius 1 is 1.30 bits per heavy atom. The average Bonchev–Trinajstić information content (AvgIpc) is 3.63. The van der Waals surface area contributed by atoms with Crippen molar-refractivity contribution < 1.29 is 5.11 Å². The van der Waals surface area contributed by atoms with E-state index in [9.17, 15) is 5.11 Å². The molecule has 9 heteroatoms. The van der Waals surface area contributed by atoms with Gasteiger partial charge in [-0.25, -0.2) is 9.71 Å². The zero-order valence-corrected chi connectivity index (χ0v) is 23.7. The Hall–Kier alpha value is -2.41. The minimum atomic E-state index is -1.24. The Kier molecular flexibility index (Phi) is 8.94. The molecule has 1 saturated carbocycles. The Labute approximate surface area is 231 Å². The maximum Gasteiger partial charge on any atom is 0.0999 e. The molecule has 0 amide bonds. The second kappa shape index (κ2) is 12.0. The van der Waals surface area contributed by atoms with E-state index in [1.807, 2.05) is 32.0 Å². The van der Waals surface area contributed by atoms with Crippen LogP contribution in [-0.4, -0.2) is 21.2 Å². The first kappa shape index (κ1) is 27.6. The van der Waals surface area contributed by atoms with Crippen LogP contribution in [0.3, 0.4) is 0 Å². The van der Waals surface area contributed by atoms with Gasteiger partial charge in [0, 0.05) is 38.0 Å². The molecule has 0 spiro atoms. The minimum absolute atomic E-state index is 0.00926. The van der Waals surface area contributed by atoms with Crippen molar-refractivity contribution in [3.63, 3.8) is 0 Å². The van der Waals surface area contributed by atoms with E-state index in [1.54, 1.807) is 42.5 Å². The van der Waals surface area contributed by atoms with Gasteiger partial charge in [0.15, 0.2) is 0 Å². The summed E-state index contributed by atoms with van der Waals surface area (Å²) in [5.41, 5.74) is 8.06. The Morgan fingerprint density at radius 3 is 2.81 bits per heavy atom. The molecule has 37 heavy (non-hydrogen) atoms. The van der Waals surface area contributed by atoms with Gasteiger partial charge in [-0.3, -0.25) is 4.98 Å². The fraction of sp³-hybridized carbons (Fsp3) is 0.393. The van der Waals surface area contributed by atoms with E-state index in [4.69, 9.17) is 22.6 Å². The molecular weight excluding hydrogens is 522 g/mol. The van der Waals surface area contributed by atoms with Crippen molar-refractivity contribution in [2.24, 2.45) is 10.7 Å². The lowest BCUT2D eigenvalue weighted by Crippen LogP contribution is -2.22. The lowest BCUT2D eigenvalue weighted by atomic mass is 9.92. The van der Waals surface area contributed by atoms with Crippen LogP contribution in [0.25, 0.3) is 21.3 Å². The molecule has 2 aliphatic rings. The van der Waals surface area contributed by atoms with Crippen molar-refractivity contribution >= 4 is 50.8 Å². The van der Waals surface area contributed by atoms with Crippen molar-refractivity contribution in [1.82, 2.24) is 9.71 Å². The number of fused-ring (bicyclic) bond motifs is 1. The number of nitrogens with two attached hydrogens (primary N) is 1. The summed E-state index contributed by atoms with van der Waals surface area (Å²) in [4.78, 5) is 10.4. The zero-order valence-electron chi connectivity index (χ0n) is 21.3. The summed E-state index contributed by atoms with van der Waals surface area (Å²) in [6.07, 6.45) is 5.51. The van der Waals surface area contributed by atoms with Gasteiger partial charge >= 0.3 is 0 Å². The van der Waals surface area contributed by atoms with Gasteiger partial charge in [-0.1, -0.05) is 55.6 Å². The number of halogens is 1. The first-order chi connectivity index (χ1) is 17.9. The number of allylic oxidation sites excluding steroid dienone is 1. The summed E-state index contributed by atoms with van der Waals surface area (Å²) in [7, 11) is 0. The van der Waals surface area contributed by atoms with E-state index in [0.717, 1.165) is 36.9 Å². The summed E-state index contributed by atoms with van der Waals surface area (Å²) in [6.45, 7) is 5.65. The smallest absolute Gasteiger partial charge is 0.0999 e. The van der Waals surface area contributed by atoms with Gasteiger partial charge in [-0.2, -0.15) is 5.26 Å². The van der Waals surface area contributed by atoms with Crippen molar-refractivity contribution in [3.8, 4) is 17.3 Å². The normalized spacial score (nSPS) is 17.9. The second-order valence-corrected chi connectivity index (χ2v) is 11.9. The van der Waals surface area contributed by atoms with Crippen LogP contribution >= 0.6 is 34.9 Å². The maximum absolute atomic E-state index is 10.7. The highest BCUT2D eigenvalue weighted by molar-refractivity contribution is 7.98. The Morgan fingerprint density at radius 2 is 2.08 bits per heavy atom. The topological polar surface area (TPSA) is 107 Å². The number of amidine groups is 1. The first-order valence-corrected chi connectivity index (χ1v) is 14.6. The van der Waals surface area contributed by atoms with Crippen molar-refractivity contribution in [3.05, 3.63) is 63.8 Å². The van der Waals surface area contributed by atoms with E-state index in [0.29, 0.717) is 29.5 Å².